The third kappa shape index (κ3) is 10.9. The van der Waals surface area contributed by atoms with Crippen LogP contribution in [0.5, 0.6) is 0 Å². The maximum absolute atomic E-state index is 15.3. The summed E-state index contributed by atoms with van der Waals surface area (Å²) in [7, 11) is 0. The smallest absolute Gasteiger partial charge is 0.410 e. The first-order valence-electron chi connectivity index (χ1n) is 20.8. The highest BCUT2D eigenvalue weighted by atomic mass is 19.1. The van der Waals surface area contributed by atoms with Crippen LogP contribution in [0.1, 0.15) is 95.0 Å². The molecule has 0 radical (unpaired) electrons. The number of ether oxygens (including phenoxy) is 1. The van der Waals surface area contributed by atoms with Crippen LogP contribution in [0, 0.1) is 29.0 Å². The number of primary amides is 1. The fourth-order valence-electron chi connectivity index (χ4n) is 8.30. The number of aryl methyl sites for hydroxylation is 1. The predicted molar refractivity (Wildman–Crippen MR) is 224 cm³/mol. The highest BCUT2D eigenvalue weighted by Crippen LogP contribution is 2.46. The van der Waals surface area contributed by atoms with Gasteiger partial charge in [-0.25, -0.2) is 18.8 Å². The Morgan fingerprint density at radius 3 is 2.22 bits per heavy atom. The fraction of sp³-hybridized carbons (Fsp3) is 0.523. The molecule has 2 aliphatic rings. The summed E-state index contributed by atoms with van der Waals surface area (Å²) in [6.45, 7) is 9.65. The SMILES string of the molecule is CCn1cc(C(=O)O)c(=O)c2cc(F)c(N3CCN(C(=O)OCc4ccc(NC(=O)[C@H](CCCNC(N)=O)CC(=O)C5(C(=O)CC(C)CC(C)C)CCC5)cc4)CC3)cc21. The molecule has 4 amide bonds. The van der Waals surface area contributed by atoms with E-state index < -0.39 is 46.2 Å². The Labute approximate surface area is 348 Å². The van der Waals surface area contributed by atoms with Gasteiger partial charge in [0.05, 0.1) is 16.6 Å². The molecule has 1 aromatic heterocycles. The number of nitrogens with two attached hydrogens (primary N) is 1. The van der Waals surface area contributed by atoms with E-state index >= 15 is 4.39 Å². The molecule has 2 atom stereocenters. The van der Waals surface area contributed by atoms with Crippen molar-refractivity contribution in [2.75, 3.05) is 42.9 Å². The van der Waals surface area contributed by atoms with Gasteiger partial charge < -0.3 is 40.6 Å². The van der Waals surface area contributed by atoms with E-state index in [1.807, 2.05) is 6.92 Å². The number of benzene rings is 2. The molecule has 1 saturated heterocycles. The van der Waals surface area contributed by atoms with Crippen LogP contribution in [-0.4, -0.2) is 82.9 Å². The highest BCUT2D eigenvalue weighted by Gasteiger charge is 2.50. The number of carboxylic acid groups (broad SMARTS) is 1. The van der Waals surface area contributed by atoms with E-state index in [2.05, 4.69) is 24.5 Å². The molecule has 2 heterocycles. The maximum Gasteiger partial charge on any atom is 0.410 e. The van der Waals surface area contributed by atoms with E-state index in [-0.39, 0.29) is 67.1 Å². The lowest BCUT2D eigenvalue weighted by molar-refractivity contribution is -0.149. The number of urea groups is 1. The van der Waals surface area contributed by atoms with Crippen LogP contribution in [0.25, 0.3) is 10.9 Å². The van der Waals surface area contributed by atoms with Crippen LogP contribution < -0.4 is 26.7 Å². The highest BCUT2D eigenvalue weighted by molar-refractivity contribution is 6.09. The van der Waals surface area contributed by atoms with Crippen molar-refractivity contribution >= 4 is 57.8 Å². The zero-order valence-corrected chi connectivity index (χ0v) is 34.9. The largest absolute Gasteiger partial charge is 0.477 e. The van der Waals surface area contributed by atoms with E-state index in [0.29, 0.717) is 74.4 Å². The zero-order chi connectivity index (χ0) is 43.7. The first kappa shape index (κ1) is 45.3. The molecule has 1 aliphatic heterocycles. The molecule has 1 aliphatic carbocycles. The summed E-state index contributed by atoms with van der Waals surface area (Å²) < 4.78 is 22.5. The van der Waals surface area contributed by atoms with Gasteiger partial charge in [0, 0.05) is 75.3 Å². The standard InChI is InChI=1S/C44H57FN6O9/c1-5-49-25-33(41(56)57)39(54)32-23-34(45)36(24-35(32)49)50-16-18-51(19-17-50)43(59)60-26-29-9-11-31(12-10-29)48-40(55)30(8-6-15-47-42(46)58)22-38(53)44(13-7-14-44)37(52)21-28(4)20-27(2)3/h9-12,23-25,27-28,30H,5-8,13-22,26H2,1-4H3,(H,48,55)(H,56,57)(H3,46,47,58)/t28?,30-/m1/s1. The van der Waals surface area contributed by atoms with E-state index in [1.54, 1.807) is 40.7 Å². The second-order valence-electron chi connectivity index (χ2n) is 16.6. The second-order valence-corrected chi connectivity index (χ2v) is 16.6. The minimum absolute atomic E-state index is 0.0217. The Hall–Kier alpha value is -5.80. The average Bonchev–Trinajstić information content (AvgIpc) is 3.17. The minimum atomic E-state index is -1.38. The summed E-state index contributed by atoms with van der Waals surface area (Å²) >= 11 is 0. The Bertz CT molecular complexity index is 2140. The van der Waals surface area contributed by atoms with E-state index in [4.69, 9.17) is 10.5 Å². The first-order valence-corrected chi connectivity index (χ1v) is 20.8. The quantitative estimate of drug-likeness (QED) is 0.0807. The van der Waals surface area contributed by atoms with Gasteiger partial charge in [0.15, 0.2) is 0 Å². The number of rotatable bonds is 19. The molecule has 1 saturated carbocycles. The third-order valence-electron chi connectivity index (χ3n) is 11.7. The lowest BCUT2D eigenvalue weighted by atomic mass is 9.60. The lowest BCUT2D eigenvalue weighted by Gasteiger charge is -2.40. The van der Waals surface area contributed by atoms with Gasteiger partial charge in [0.2, 0.25) is 11.3 Å². The Morgan fingerprint density at radius 2 is 1.63 bits per heavy atom. The van der Waals surface area contributed by atoms with E-state index in [0.717, 1.165) is 18.9 Å². The predicted octanol–water partition coefficient (Wildman–Crippen LogP) is 6.09. The normalized spacial score (nSPS) is 15.8. The van der Waals surface area contributed by atoms with Crippen LogP contribution in [0.2, 0.25) is 0 Å². The van der Waals surface area contributed by atoms with Crippen LogP contribution in [0.4, 0.5) is 25.4 Å². The number of pyridine rings is 1. The molecule has 3 aromatic rings. The van der Waals surface area contributed by atoms with Crippen molar-refractivity contribution in [3.05, 3.63) is 69.8 Å². The van der Waals surface area contributed by atoms with Crippen molar-refractivity contribution in [2.24, 2.45) is 28.9 Å². The van der Waals surface area contributed by atoms with Gasteiger partial charge in [-0.2, -0.15) is 0 Å². The molecule has 2 aromatic carbocycles. The Morgan fingerprint density at radius 1 is 0.967 bits per heavy atom. The number of nitrogens with zero attached hydrogens (tertiary/aromatic N) is 3. The maximum atomic E-state index is 15.3. The summed E-state index contributed by atoms with van der Waals surface area (Å²) in [5, 5.41) is 14.8. The van der Waals surface area contributed by atoms with Crippen molar-refractivity contribution in [1.82, 2.24) is 14.8 Å². The van der Waals surface area contributed by atoms with Crippen LogP contribution in [-0.2, 0) is 32.3 Å². The van der Waals surface area contributed by atoms with E-state index in [1.165, 1.54) is 17.2 Å². The summed E-state index contributed by atoms with van der Waals surface area (Å²) in [5.41, 5.74) is 4.75. The number of piperazine rings is 1. The molecule has 15 nitrogen and oxygen atoms in total. The molecule has 0 spiro atoms. The number of amides is 4. The molecule has 2 fully saturated rings. The van der Waals surface area contributed by atoms with Crippen molar-refractivity contribution in [2.45, 2.75) is 92.2 Å². The van der Waals surface area contributed by atoms with Gasteiger partial charge in [-0.1, -0.05) is 39.3 Å². The van der Waals surface area contributed by atoms with Gasteiger partial charge in [-0.15, -0.1) is 0 Å². The average molecular weight is 833 g/mol. The van der Waals surface area contributed by atoms with Crippen molar-refractivity contribution in [1.29, 1.82) is 0 Å². The number of anilines is 2. The number of carboxylic acids is 1. The fourth-order valence-corrected chi connectivity index (χ4v) is 8.30. The van der Waals surface area contributed by atoms with Gasteiger partial charge in [0.1, 0.15) is 29.6 Å². The van der Waals surface area contributed by atoms with Crippen molar-refractivity contribution in [3.8, 4) is 0 Å². The number of halogens is 1. The molecular weight excluding hydrogens is 776 g/mol. The summed E-state index contributed by atoms with van der Waals surface area (Å²) in [5.74, 6) is -2.83. The number of aromatic carboxylic acids is 1. The third-order valence-corrected chi connectivity index (χ3v) is 11.7. The van der Waals surface area contributed by atoms with Gasteiger partial charge in [-0.3, -0.25) is 19.2 Å². The number of nitrogens with one attached hydrogen (secondary N) is 2. The topological polar surface area (TPSA) is 210 Å². The van der Waals surface area contributed by atoms with Crippen LogP contribution in [0.3, 0.4) is 0 Å². The molecule has 0 bridgehead atoms. The number of hydrogen-bond donors (Lipinski definition) is 4. The molecule has 324 valence electrons. The monoisotopic (exact) mass is 832 g/mol. The second kappa shape index (κ2) is 20.0. The van der Waals surface area contributed by atoms with E-state index in [9.17, 15) is 38.7 Å². The molecule has 5 N–H and O–H groups in total. The zero-order valence-electron chi connectivity index (χ0n) is 34.9. The molecular formula is C44H57FN6O9. The number of fused-ring (bicyclic) bond motifs is 1. The number of carbonyl (C=O) groups excluding carboxylic acids is 5. The van der Waals surface area contributed by atoms with Crippen LogP contribution >= 0.6 is 0 Å². The van der Waals surface area contributed by atoms with Crippen molar-refractivity contribution < 1.29 is 43.0 Å². The number of hydrogen-bond acceptors (Lipinski definition) is 9. The molecule has 60 heavy (non-hydrogen) atoms. The van der Waals surface area contributed by atoms with Gasteiger partial charge in [-0.05, 0) is 80.7 Å². The minimum Gasteiger partial charge on any atom is -0.477 e. The number of ketones is 2. The number of Topliss-reactive ketones (excluding diaryl/α,β-unsaturated/α-hetero) is 2. The summed E-state index contributed by atoms with van der Waals surface area (Å²) in [4.78, 5) is 92.8. The van der Waals surface area contributed by atoms with Crippen molar-refractivity contribution in [3.63, 3.8) is 0 Å². The Balaban J connectivity index is 1.15. The van der Waals surface area contributed by atoms with Crippen LogP contribution in [0.15, 0.2) is 47.4 Å². The molecule has 5 rings (SSSR count). The van der Waals surface area contributed by atoms with Gasteiger partial charge >= 0.3 is 18.1 Å². The summed E-state index contributed by atoms with van der Waals surface area (Å²) in [6, 6.07) is 8.66. The number of carbonyl (C=O) groups is 6. The lowest BCUT2D eigenvalue weighted by Crippen LogP contribution is -2.49. The summed E-state index contributed by atoms with van der Waals surface area (Å²) in [6.07, 6.45) is 4.30. The first-order chi connectivity index (χ1) is 28.5. The number of aromatic nitrogens is 1. The molecule has 1 unspecified atom stereocenters. The van der Waals surface area contributed by atoms with Gasteiger partial charge in [0.25, 0.3) is 0 Å². The molecule has 16 heteroatoms. The Kier molecular flexibility index (Phi) is 15.1.